The Hall–Kier alpha value is -2.86. The summed E-state index contributed by atoms with van der Waals surface area (Å²) in [7, 11) is 1.57. The Bertz CT molecular complexity index is 742. The summed E-state index contributed by atoms with van der Waals surface area (Å²) >= 11 is 0. The van der Waals surface area contributed by atoms with Gasteiger partial charge in [-0.3, -0.25) is 9.59 Å². The number of anilines is 1. The molecule has 138 valence electrons. The van der Waals surface area contributed by atoms with Crippen molar-refractivity contribution in [2.24, 2.45) is 0 Å². The van der Waals surface area contributed by atoms with Crippen LogP contribution >= 0.6 is 0 Å². The first kappa shape index (κ1) is 19.5. The second kappa shape index (κ2) is 9.58. The van der Waals surface area contributed by atoms with E-state index in [4.69, 9.17) is 9.47 Å². The molecule has 0 aliphatic heterocycles. The fraction of sp³-hybridized carbons (Fsp3) is 0.300. The molecule has 0 radical (unpaired) electrons. The minimum absolute atomic E-state index is 0.0909. The summed E-state index contributed by atoms with van der Waals surface area (Å²) in [6.07, 6.45) is 0.0909. The first-order valence-corrected chi connectivity index (χ1v) is 8.45. The highest BCUT2D eigenvalue weighted by molar-refractivity contribution is 6.06. The van der Waals surface area contributed by atoms with Gasteiger partial charge in [0.15, 0.2) is 0 Å². The van der Waals surface area contributed by atoms with Gasteiger partial charge in [0.05, 0.1) is 12.7 Å². The van der Waals surface area contributed by atoms with Crippen LogP contribution in [0.4, 0.5) is 5.69 Å². The van der Waals surface area contributed by atoms with Gasteiger partial charge in [-0.1, -0.05) is 6.07 Å². The Morgan fingerprint density at radius 2 is 1.65 bits per heavy atom. The lowest BCUT2D eigenvalue weighted by Gasteiger charge is -2.11. The molecule has 0 heterocycles. The van der Waals surface area contributed by atoms with Crippen LogP contribution < -0.4 is 15.4 Å². The zero-order valence-electron chi connectivity index (χ0n) is 15.2. The van der Waals surface area contributed by atoms with E-state index in [1.54, 1.807) is 55.6 Å². The SMILES string of the molecule is COCCNC(=O)c1cccc(C(=O)Nc2ccc(OC(C)C)cc2)c1. The van der Waals surface area contributed by atoms with E-state index in [-0.39, 0.29) is 17.9 Å². The average Bonchev–Trinajstić information content (AvgIpc) is 2.63. The normalized spacial score (nSPS) is 10.5. The van der Waals surface area contributed by atoms with E-state index in [0.717, 1.165) is 5.75 Å². The number of hydrogen-bond donors (Lipinski definition) is 2. The molecule has 0 bridgehead atoms. The van der Waals surface area contributed by atoms with Gasteiger partial charge in [0, 0.05) is 30.5 Å². The third-order valence-corrected chi connectivity index (χ3v) is 3.46. The predicted octanol–water partition coefficient (Wildman–Crippen LogP) is 3.10. The molecular formula is C20H24N2O4. The monoisotopic (exact) mass is 356 g/mol. The van der Waals surface area contributed by atoms with E-state index in [1.165, 1.54) is 0 Å². The Labute approximate surface area is 153 Å². The highest BCUT2D eigenvalue weighted by Gasteiger charge is 2.11. The highest BCUT2D eigenvalue weighted by Crippen LogP contribution is 2.18. The minimum atomic E-state index is -0.283. The van der Waals surface area contributed by atoms with Gasteiger partial charge < -0.3 is 20.1 Å². The van der Waals surface area contributed by atoms with Gasteiger partial charge in [-0.15, -0.1) is 0 Å². The molecule has 0 unspecified atom stereocenters. The fourth-order valence-corrected chi connectivity index (χ4v) is 2.26. The maximum atomic E-state index is 12.4. The first-order valence-electron chi connectivity index (χ1n) is 8.45. The summed E-state index contributed by atoms with van der Waals surface area (Å²) in [5, 5.41) is 5.54. The van der Waals surface area contributed by atoms with E-state index in [2.05, 4.69) is 10.6 Å². The van der Waals surface area contributed by atoms with Gasteiger partial charge >= 0.3 is 0 Å². The topological polar surface area (TPSA) is 76.7 Å². The molecule has 0 aliphatic carbocycles. The molecule has 0 aliphatic rings. The smallest absolute Gasteiger partial charge is 0.255 e. The summed E-state index contributed by atoms with van der Waals surface area (Å²) < 4.78 is 10.5. The van der Waals surface area contributed by atoms with Crippen molar-refractivity contribution < 1.29 is 19.1 Å². The number of rotatable bonds is 8. The number of hydrogen-bond acceptors (Lipinski definition) is 4. The third kappa shape index (κ3) is 5.89. The number of methoxy groups -OCH3 is 1. The lowest BCUT2D eigenvalue weighted by molar-refractivity contribution is 0.0937. The highest BCUT2D eigenvalue weighted by atomic mass is 16.5. The number of benzene rings is 2. The van der Waals surface area contributed by atoms with Crippen molar-refractivity contribution in [1.82, 2.24) is 5.32 Å². The molecule has 0 atom stereocenters. The molecule has 0 saturated carbocycles. The summed E-state index contributed by atoms with van der Waals surface area (Å²) in [5.41, 5.74) is 1.49. The van der Waals surface area contributed by atoms with Crippen LogP contribution in [-0.2, 0) is 4.74 Å². The molecule has 2 aromatic carbocycles. The van der Waals surface area contributed by atoms with E-state index < -0.39 is 0 Å². The van der Waals surface area contributed by atoms with Crippen LogP contribution in [-0.4, -0.2) is 38.2 Å². The van der Waals surface area contributed by atoms with Crippen molar-refractivity contribution >= 4 is 17.5 Å². The van der Waals surface area contributed by atoms with Crippen molar-refractivity contribution in [3.05, 3.63) is 59.7 Å². The van der Waals surface area contributed by atoms with Gasteiger partial charge in [0.1, 0.15) is 5.75 Å². The van der Waals surface area contributed by atoms with Gasteiger partial charge in [-0.05, 0) is 56.3 Å². The minimum Gasteiger partial charge on any atom is -0.491 e. The summed E-state index contributed by atoms with van der Waals surface area (Å²) in [5.74, 6) is 0.216. The lowest BCUT2D eigenvalue weighted by atomic mass is 10.1. The van der Waals surface area contributed by atoms with E-state index in [9.17, 15) is 9.59 Å². The number of carbonyl (C=O) groups is 2. The Kier molecular flexibility index (Phi) is 7.17. The maximum Gasteiger partial charge on any atom is 0.255 e. The van der Waals surface area contributed by atoms with Gasteiger partial charge in [-0.25, -0.2) is 0 Å². The van der Waals surface area contributed by atoms with Crippen LogP contribution in [0.3, 0.4) is 0 Å². The van der Waals surface area contributed by atoms with Crippen LogP contribution in [0.15, 0.2) is 48.5 Å². The van der Waals surface area contributed by atoms with Crippen molar-refractivity contribution in [2.45, 2.75) is 20.0 Å². The molecule has 26 heavy (non-hydrogen) atoms. The van der Waals surface area contributed by atoms with Gasteiger partial charge in [0.2, 0.25) is 0 Å². The van der Waals surface area contributed by atoms with E-state index >= 15 is 0 Å². The van der Waals surface area contributed by atoms with Crippen LogP contribution in [0, 0.1) is 0 Å². The number of amides is 2. The Balaban J connectivity index is 2.01. The molecule has 2 rings (SSSR count). The molecule has 2 amide bonds. The lowest BCUT2D eigenvalue weighted by Crippen LogP contribution is -2.27. The number of ether oxygens (including phenoxy) is 2. The zero-order chi connectivity index (χ0) is 18.9. The predicted molar refractivity (Wildman–Crippen MR) is 101 cm³/mol. The average molecular weight is 356 g/mol. The molecule has 6 nitrogen and oxygen atoms in total. The summed E-state index contributed by atoms with van der Waals surface area (Å²) in [6.45, 7) is 4.75. The second-order valence-corrected chi connectivity index (χ2v) is 5.97. The summed E-state index contributed by atoms with van der Waals surface area (Å²) in [4.78, 5) is 24.5. The van der Waals surface area contributed by atoms with Crippen molar-refractivity contribution in [3.63, 3.8) is 0 Å². The van der Waals surface area contributed by atoms with Crippen LogP contribution in [0.1, 0.15) is 34.6 Å². The first-order chi connectivity index (χ1) is 12.5. The van der Waals surface area contributed by atoms with Crippen LogP contribution in [0.25, 0.3) is 0 Å². The molecule has 0 spiro atoms. The molecule has 0 fully saturated rings. The fourth-order valence-electron chi connectivity index (χ4n) is 2.26. The van der Waals surface area contributed by atoms with Crippen molar-refractivity contribution in [3.8, 4) is 5.75 Å². The number of nitrogens with one attached hydrogen (secondary N) is 2. The molecular weight excluding hydrogens is 332 g/mol. The van der Waals surface area contributed by atoms with E-state index in [1.807, 2.05) is 13.8 Å². The Morgan fingerprint density at radius 3 is 2.27 bits per heavy atom. The molecule has 0 saturated heterocycles. The number of carbonyl (C=O) groups excluding carboxylic acids is 2. The van der Waals surface area contributed by atoms with Crippen LogP contribution in [0.2, 0.25) is 0 Å². The quantitative estimate of drug-likeness (QED) is 0.713. The molecule has 2 N–H and O–H groups in total. The standard InChI is InChI=1S/C20H24N2O4/c1-14(2)26-18-9-7-17(8-10-18)22-20(24)16-6-4-5-15(13-16)19(23)21-11-12-25-3/h4-10,13-14H,11-12H2,1-3H3,(H,21,23)(H,22,24). The van der Waals surface area contributed by atoms with Crippen molar-refractivity contribution in [1.29, 1.82) is 0 Å². The molecule has 2 aromatic rings. The maximum absolute atomic E-state index is 12.4. The van der Waals surface area contributed by atoms with Crippen LogP contribution in [0.5, 0.6) is 5.75 Å². The molecule has 6 heteroatoms. The van der Waals surface area contributed by atoms with E-state index in [0.29, 0.717) is 30.0 Å². The van der Waals surface area contributed by atoms with Crippen molar-refractivity contribution in [2.75, 3.05) is 25.6 Å². The third-order valence-electron chi connectivity index (χ3n) is 3.46. The van der Waals surface area contributed by atoms with Gasteiger partial charge in [-0.2, -0.15) is 0 Å². The van der Waals surface area contributed by atoms with Gasteiger partial charge in [0.25, 0.3) is 11.8 Å². The summed E-state index contributed by atoms with van der Waals surface area (Å²) in [6, 6.07) is 13.7. The Morgan fingerprint density at radius 1 is 1.00 bits per heavy atom. The second-order valence-electron chi connectivity index (χ2n) is 5.97. The zero-order valence-corrected chi connectivity index (χ0v) is 15.2. The largest absolute Gasteiger partial charge is 0.491 e. The molecule has 0 aromatic heterocycles.